The Hall–Kier alpha value is -4.14. The Balaban J connectivity index is 1.75. The molecule has 160 valence electrons. The van der Waals surface area contributed by atoms with Crippen LogP contribution in [0.4, 0.5) is 14.6 Å². The number of imidazole rings is 1. The monoisotopic (exact) mass is 432 g/mol. The van der Waals surface area contributed by atoms with Gasteiger partial charge in [-0.25, -0.2) is 23.7 Å². The van der Waals surface area contributed by atoms with Gasteiger partial charge in [-0.05, 0) is 42.1 Å². The smallest absolute Gasteiger partial charge is 0.266 e. The van der Waals surface area contributed by atoms with Gasteiger partial charge in [0.1, 0.15) is 23.5 Å². The number of hydrogen-bond donors (Lipinski definition) is 2. The van der Waals surface area contributed by atoms with Gasteiger partial charge in [0.15, 0.2) is 11.5 Å². The number of anilines is 1. The van der Waals surface area contributed by atoms with Crippen LogP contribution in [0.1, 0.15) is 25.1 Å². The number of hydrogen-bond acceptors (Lipinski definition) is 5. The highest BCUT2D eigenvalue weighted by molar-refractivity contribution is 5.84. The van der Waals surface area contributed by atoms with Crippen LogP contribution in [0.15, 0.2) is 66.0 Å². The van der Waals surface area contributed by atoms with Crippen LogP contribution in [0.2, 0.25) is 0 Å². The molecule has 0 amide bonds. The summed E-state index contributed by atoms with van der Waals surface area (Å²) >= 11 is 0. The van der Waals surface area contributed by atoms with Crippen LogP contribution in [-0.2, 0) is 0 Å². The third-order valence-corrected chi connectivity index (χ3v) is 5.38. The number of aromatic nitrogens is 5. The molecule has 3 aromatic heterocycles. The Morgan fingerprint density at radius 2 is 1.94 bits per heavy atom. The molecule has 0 spiro atoms. The van der Waals surface area contributed by atoms with Crippen molar-refractivity contribution in [2.45, 2.75) is 19.4 Å². The molecule has 32 heavy (non-hydrogen) atoms. The minimum absolute atomic E-state index is 0.0490. The lowest BCUT2D eigenvalue weighted by Crippen LogP contribution is -2.27. The third kappa shape index (κ3) is 3.27. The fraction of sp³-hybridized carbons (Fsp3) is 0.130. The van der Waals surface area contributed by atoms with E-state index < -0.39 is 23.2 Å². The van der Waals surface area contributed by atoms with Crippen molar-refractivity contribution in [3.63, 3.8) is 0 Å². The highest BCUT2D eigenvalue weighted by Gasteiger charge is 2.21. The molecule has 0 fully saturated rings. The number of pyridine rings is 1. The van der Waals surface area contributed by atoms with Gasteiger partial charge in [0.25, 0.3) is 5.56 Å². The number of fused-ring (bicyclic) bond motifs is 2. The van der Waals surface area contributed by atoms with E-state index in [0.29, 0.717) is 40.2 Å². The van der Waals surface area contributed by atoms with Crippen LogP contribution in [0.3, 0.4) is 0 Å². The van der Waals surface area contributed by atoms with Crippen molar-refractivity contribution < 1.29 is 8.78 Å². The molecule has 1 atom stereocenters. The zero-order valence-electron chi connectivity index (χ0n) is 17.0. The van der Waals surface area contributed by atoms with Gasteiger partial charge in [-0.3, -0.25) is 9.36 Å². The van der Waals surface area contributed by atoms with E-state index in [2.05, 4.69) is 25.3 Å². The van der Waals surface area contributed by atoms with Crippen molar-refractivity contribution >= 4 is 27.8 Å². The first-order chi connectivity index (χ1) is 15.6. The molecule has 1 unspecified atom stereocenters. The van der Waals surface area contributed by atoms with Gasteiger partial charge in [-0.2, -0.15) is 0 Å². The first-order valence-corrected chi connectivity index (χ1v) is 10.1. The molecule has 0 aliphatic carbocycles. The molecular weight excluding hydrogens is 414 g/mol. The molecule has 2 aromatic carbocycles. The number of nitrogens with zero attached hydrogens (tertiary/aromatic N) is 4. The number of nitrogens with one attached hydrogen (secondary N) is 2. The Morgan fingerprint density at radius 1 is 1.09 bits per heavy atom. The van der Waals surface area contributed by atoms with Crippen molar-refractivity contribution in [1.82, 2.24) is 24.5 Å². The molecule has 0 radical (unpaired) electrons. The molecule has 7 nitrogen and oxygen atoms in total. The highest BCUT2D eigenvalue weighted by atomic mass is 19.1. The topological polar surface area (TPSA) is 88.5 Å². The van der Waals surface area contributed by atoms with Crippen LogP contribution in [-0.4, -0.2) is 24.5 Å². The Morgan fingerprint density at radius 3 is 2.75 bits per heavy atom. The Kier molecular flexibility index (Phi) is 4.85. The van der Waals surface area contributed by atoms with Gasteiger partial charge >= 0.3 is 0 Å². The maximum atomic E-state index is 14.6. The van der Waals surface area contributed by atoms with Crippen LogP contribution < -0.4 is 10.9 Å². The van der Waals surface area contributed by atoms with Gasteiger partial charge < -0.3 is 10.3 Å². The molecule has 0 saturated carbocycles. The average Bonchev–Trinajstić information content (AvgIpc) is 3.27. The highest BCUT2D eigenvalue weighted by Crippen LogP contribution is 2.28. The number of benzene rings is 2. The normalized spacial score (nSPS) is 12.3. The maximum absolute atomic E-state index is 14.6. The molecule has 0 aliphatic rings. The second-order valence-corrected chi connectivity index (χ2v) is 7.32. The lowest BCUT2D eigenvalue weighted by Gasteiger charge is -2.23. The summed E-state index contributed by atoms with van der Waals surface area (Å²) < 4.78 is 30.0. The van der Waals surface area contributed by atoms with E-state index in [0.717, 1.165) is 0 Å². The molecule has 3 heterocycles. The van der Waals surface area contributed by atoms with Gasteiger partial charge in [0.05, 0.1) is 23.4 Å². The Labute approximate surface area is 180 Å². The quantitative estimate of drug-likeness (QED) is 0.427. The SMILES string of the molecule is CCC(Nc1ncnc2[nH]cnc12)c1cc2cccc(F)c2c(=O)n1-c1cccc(F)c1. The van der Waals surface area contributed by atoms with E-state index in [9.17, 15) is 13.6 Å². The molecule has 0 aliphatic heterocycles. The average molecular weight is 432 g/mol. The van der Waals surface area contributed by atoms with Crippen molar-refractivity contribution in [1.29, 1.82) is 0 Å². The third-order valence-electron chi connectivity index (χ3n) is 5.38. The number of aromatic amines is 1. The standard InChI is InChI=1S/C23H18F2N6O/c1-2-17(30-22-20-21(27-11-26-20)28-12-29-22)18-9-13-5-3-8-16(25)19(13)23(32)31(18)15-7-4-6-14(24)10-15/h3-12,17H,2H2,1H3,(H2,26,27,28,29,30). The first kappa shape index (κ1) is 19.8. The van der Waals surface area contributed by atoms with Crippen molar-refractivity contribution in [3.05, 3.63) is 88.9 Å². The number of rotatable bonds is 5. The van der Waals surface area contributed by atoms with Crippen molar-refractivity contribution in [2.24, 2.45) is 0 Å². The number of H-pyrrole nitrogens is 1. The van der Waals surface area contributed by atoms with Crippen LogP contribution >= 0.6 is 0 Å². The summed E-state index contributed by atoms with van der Waals surface area (Å²) in [5.74, 6) is -0.635. The molecule has 0 bridgehead atoms. The summed E-state index contributed by atoms with van der Waals surface area (Å²) in [4.78, 5) is 29.1. The van der Waals surface area contributed by atoms with Gasteiger partial charge in [0.2, 0.25) is 0 Å². The second kappa shape index (κ2) is 7.84. The van der Waals surface area contributed by atoms with Gasteiger partial charge in [-0.15, -0.1) is 0 Å². The fourth-order valence-corrected chi connectivity index (χ4v) is 3.90. The molecule has 5 aromatic rings. The van der Waals surface area contributed by atoms with E-state index in [4.69, 9.17) is 0 Å². The zero-order valence-corrected chi connectivity index (χ0v) is 17.0. The second-order valence-electron chi connectivity index (χ2n) is 7.32. The van der Waals surface area contributed by atoms with Gasteiger partial charge in [-0.1, -0.05) is 25.1 Å². The zero-order chi connectivity index (χ0) is 22.2. The summed E-state index contributed by atoms with van der Waals surface area (Å²) in [5, 5.41) is 3.74. The lowest BCUT2D eigenvalue weighted by atomic mass is 10.0. The van der Waals surface area contributed by atoms with Crippen LogP contribution in [0, 0.1) is 11.6 Å². The fourth-order valence-electron chi connectivity index (χ4n) is 3.90. The summed E-state index contributed by atoms with van der Waals surface area (Å²) in [6.45, 7) is 1.94. The van der Waals surface area contributed by atoms with Crippen molar-refractivity contribution in [3.8, 4) is 5.69 Å². The van der Waals surface area contributed by atoms with E-state index in [-0.39, 0.29) is 5.39 Å². The summed E-state index contributed by atoms with van der Waals surface area (Å²) in [6, 6.07) is 11.5. The predicted molar refractivity (Wildman–Crippen MR) is 118 cm³/mol. The maximum Gasteiger partial charge on any atom is 0.266 e. The summed E-state index contributed by atoms with van der Waals surface area (Å²) in [5.41, 5.74) is 1.42. The molecule has 0 saturated heterocycles. The van der Waals surface area contributed by atoms with Crippen molar-refractivity contribution in [2.75, 3.05) is 5.32 Å². The number of halogens is 2. The minimum atomic E-state index is -0.626. The largest absolute Gasteiger partial charge is 0.360 e. The van der Waals surface area contributed by atoms with Crippen LogP contribution in [0.5, 0.6) is 0 Å². The van der Waals surface area contributed by atoms with E-state index >= 15 is 0 Å². The lowest BCUT2D eigenvalue weighted by molar-refractivity contribution is 0.623. The molecule has 5 rings (SSSR count). The van der Waals surface area contributed by atoms with E-state index in [1.165, 1.54) is 41.5 Å². The van der Waals surface area contributed by atoms with Gasteiger partial charge in [0, 0.05) is 5.69 Å². The first-order valence-electron chi connectivity index (χ1n) is 10.1. The minimum Gasteiger partial charge on any atom is -0.360 e. The van der Waals surface area contributed by atoms with E-state index in [1.807, 2.05) is 6.92 Å². The summed E-state index contributed by atoms with van der Waals surface area (Å²) in [6.07, 6.45) is 3.49. The molecule has 9 heteroatoms. The van der Waals surface area contributed by atoms with Crippen LogP contribution in [0.25, 0.3) is 27.6 Å². The summed E-state index contributed by atoms with van der Waals surface area (Å²) in [7, 11) is 0. The van der Waals surface area contributed by atoms with E-state index in [1.54, 1.807) is 24.3 Å². The Bertz CT molecular complexity index is 1510. The predicted octanol–water partition coefficient (Wildman–Crippen LogP) is 4.50. The molecular formula is C23H18F2N6O. The molecule has 2 N–H and O–H groups in total.